The summed E-state index contributed by atoms with van der Waals surface area (Å²) in [4.78, 5) is 2.59. The quantitative estimate of drug-likeness (QED) is 0.195. The Bertz CT molecular complexity index is 1280. The molecule has 1 heterocycles. The predicted molar refractivity (Wildman–Crippen MR) is 154 cm³/mol. The molecular weight excluding hydrogens is 557 g/mol. The second-order valence-corrected chi connectivity index (χ2v) is 10.6. The van der Waals surface area contributed by atoms with Crippen LogP contribution in [0.15, 0.2) is 97.1 Å². The van der Waals surface area contributed by atoms with Crippen LogP contribution in [-0.2, 0) is 26.2 Å². The van der Waals surface area contributed by atoms with Crippen LogP contribution in [0.25, 0.3) is 0 Å². The van der Waals surface area contributed by atoms with Gasteiger partial charge in [-0.25, -0.2) is 0 Å². The summed E-state index contributed by atoms with van der Waals surface area (Å²) in [6, 6.07) is 34.2. The molecule has 184 valence electrons. The van der Waals surface area contributed by atoms with Crippen molar-refractivity contribution in [2.24, 2.45) is 0 Å². The van der Waals surface area contributed by atoms with Gasteiger partial charge in [0.25, 0.3) is 0 Å². The van der Waals surface area contributed by atoms with Crippen LogP contribution in [0, 0.1) is 3.57 Å². The lowest BCUT2D eigenvalue weighted by Gasteiger charge is -2.41. The summed E-state index contributed by atoms with van der Waals surface area (Å²) in [5.41, 5.74) is 6.30. The molecule has 4 aromatic carbocycles. The first-order valence-corrected chi connectivity index (χ1v) is 13.7. The van der Waals surface area contributed by atoms with Crippen molar-refractivity contribution in [2.75, 3.05) is 0 Å². The van der Waals surface area contributed by atoms with Crippen molar-refractivity contribution in [1.82, 2.24) is 4.90 Å². The van der Waals surface area contributed by atoms with E-state index in [0.29, 0.717) is 19.3 Å². The maximum atomic E-state index is 6.53. The zero-order valence-corrected chi connectivity index (χ0v) is 23.0. The fourth-order valence-electron chi connectivity index (χ4n) is 5.08. The Morgan fingerprint density at radius 1 is 0.722 bits per heavy atom. The van der Waals surface area contributed by atoms with Crippen molar-refractivity contribution in [1.29, 1.82) is 0 Å². The van der Waals surface area contributed by atoms with Gasteiger partial charge in [-0.1, -0.05) is 91.0 Å². The molecule has 1 aliphatic heterocycles. The van der Waals surface area contributed by atoms with Gasteiger partial charge in [-0.3, -0.25) is 4.90 Å². The van der Waals surface area contributed by atoms with Crippen molar-refractivity contribution in [3.05, 3.63) is 128 Å². The van der Waals surface area contributed by atoms with Gasteiger partial charge in [0.1, 0.15) is 24.7 Å². The third kappa shape index (κ3) is 5.60. The molecule has 1 aliphatic rings. The first kappa shape index (κ1) is 24.8. The highest BCUT2D eigenvalue weighted by Crippen LogP contribution is 2.45. The van der Waals surface area contributed by atoms with Gasteiger partial charge in [0.2, 0.25) is 0 Å². The molecule has 2 atom stereocenters. The summed E-state index contributed by atoms with van der Waals surface area (Å²) < 4.78 is 14.1. The van der Waals surface area contributed by atoms with Crippen LogP contribution in [-0.4, -0.2) is 10.9 Å². The molecule has 0 saturated heterocycles. The monoisotopic (exact) mass is 589 g/mol. The molecular formula is C32H32INO2. The Hall–Kier alpha value is -2.83. The average molecular weight is 590 g/mol. The topological polar surface area (TPSA) is 21.7 Å². The van der Waals surface area contributed by atoms with E-state index in [1.165, 1.54) is 20.3 Å². The summed E-state index contributed by atoms with van der Waals surface area (Å²) in [6.07, 6.45) is 0.967. The second kappa shape index (κ2) is 11.5. The molecule has 36 heavy (non-hydrogen) atoms. The predicted octanol–water partition coefficient (Wildman–Crippen LogP) is 7.96. The molecule has 0 fully saturated rings. The summed E-state index contributed by atoms with van der Waals surface area (Å²) in [5, 5.41) is 0. The number of benzene rings is 4. The summed E-state index contributed by atoms with van der Waals surface area (Å²) >= 11 is 2.47. The lowest BCUT2D eigenvalue weighted by Crippen LogP contribution is -2.41. The van der Waals surface area contributed by atoms with Gasteiger partial charge in [0.15, 0.2) is 0 Å². The Morgan fingerprint density at radius 2 is 1.22 bits per heavy atom. The van der Waals surface area contributed by atoms with E-state index in [1.807, 2.05) is 12.1 Å². The molecule has 0 bridgehead atoms. The highest BCUT2D eigenvalue weighted by atomic mass is 127. The number of halogens is 1. The van der Waals surface area contributed by atoms with Gasteiger partial charge in [0, 0.05) is 30.3 Å². The molecule has 0 spiro atoms. The molecule has 0 unspecified atom stereocenters. The van der Waals surface area contributed by atoms with Crippen molar-refractivity contribution in [2.45, 2.75) is 52.1 Å². The molecule has 0 radical (unpaired) electrons. The highest BCUT2D eigenvalue weighted by molar-refractivity contribution is 14.1. The fraction of sp³-hybridized carbons (Fsp3) is 0.250. The standard InChI is InChI=1S/C32H32INO2/c1-23-18-28-31(24(2)34(23)20-25-12-6-3-7-13-25)29(35-21-26-14-8-4-9-15-26)19-30(32(28)33)36-22-27-16-10-5-11-17-27/h3-17,19,23-24H,18,20-22H2,1-2H3/t23-,24-/m1/s1. The van der Waals surface area contributed by atoms with E-state index in [9.17, 15) is 0 Å². The number of fused-ring (bicyclic) bond motifs is 1. The van der Waals surface area contributed by atoms with Crippen LogP contribution in [0.5, 0.6) is 11.5 Å². The Kier molecular flexibility index (Phi) is 7.93. The molecule has 3 nitrogen and oxygen atoms in total. The minimum absolute atomic E-state index is 0.228. The van der Waals surface area contributed by atoms with Gasteiger partial charge in [-0.15, -0.1) is 0 Å². The van der Waals surface area contributed by atoms with Crippen LogP contribution in [0.2, 0.25) is 0 Å². The number of rotatable bonds is 8. The Balaban J connectivity index is 1.49. The van der Waals surface area contributed by atoms with Crippen molar-refractivity contribution < 1.29 is 9.47 Å². The number of nitrogens with zero attached hydrogens (tertiary/aromatic N) is 1. The van der Waals surface area contributed by atoms with Crippen LogP contribution < -0.4 is 9.47 Å². The van der Waals surface area contributed by atoms with Crippen LogP contribution in [0.1, 0.15) is 47.7 Å². The van der Waals surface area contributed by atoms with E-state index >= 15 is 0 Å². The van der Waals surface area contributed by atoms with Crippen molar-refractivity contribution in [3.8, 4) is 11.5 Å². The third-order valence-electron chi connectivity index (χ3n) is 7.00. The van der Waals surface area contributed by atoms with E-state index < -0.39 is 0 Å². The van der Waals surface area contributed by atoms with E-state index in [0.717, 1.165) is 35.6 Å². The van der Waals surface area contributed by atoms with Crippen molar-refractivity contribution in [3.63, 3.8) is 0 Å². The minimum atomic E-state index is 0.228. The third-order valence-corrected chi connectivity index (χ3v) is 8.18. The lowest BCUT2D eigenvalue weighted by atomic mass is 9.88. The Labute approximate surface area is 228 Å². The molecule has 4 heteroatoms. The van der Waals surface area contributed by atoms with Gasteiger partial charge < -0.3 is 9.47 Å². The summed E-state index contributed by atoms with van der Waals surface area (Å²) in [5.74, 6) is 1.83. The molecule has 0 N–H and O–H groups in total. The first-order chi connectivity index (χ1) is 17.6. The minimum Gasteiger partial charge on any atom is -0.488 e. The van der Waals surface area contributed by atoms with E-state index in [-0.39, 0.29) is 6.04 Å². The maximum absolute atomic E-state index is 6.53. The molecule has 4 aromatic rings. The fourth-order valence-corrected chi connectivity index (χ4v) is 5.90. The summed E-state index contributed by atoms with van der Waals surface area (Å²) in [6.45, 7) is 6.64. The SMILES string of the molecule is C[C@@H]1Cc2c(I)c(OCc3ccccc3)cc(OCc3ccccc3)c2[C@@H](C)N1Cc1ccccc1. The molecule has 0 aliphatic carbocycles. The van der Waals surface area contributed by atoms with Crippen molar-refractivity contribution >= 4 is 22.6 Å². The smallest absolute Gasteiger partial charge is 0.137 e. The maximum Gasteiger partial charge on any atom is 0.137 e. The summed E-state index contributed by atoms with van der Waals surface area (Å²) in [7, 11) is 0. The molecule has 0 saturated carbocycles. The average Bonchev–Trinajstić information content (AvgIpc) is 2.92. The first-order valence-electron chi connectivity index (χ1n) is 12.6. The van der Waals surface area contributed by atoms with E-state index in [4.69, 9.17) is 9.47 Å². The van der Waals surface area contributed by atoms with Crippen LogP contribution in [0.3, 0.4) is 0 Å². The zero-order valence-electron chi connectivity index (χ0n) is 20.9. The zero-order chi connectivity index (χ0) is 24.9. The molecule has 5 rings (SSSR count). The van der Waals surface area contributed by atoms with Gasteiger partial charge in [-0.2, -0.15) is 0 Å². The number of hydrogen-bond acceptors (Lipinski definition) is 3. The highest BCUT2D eigenvalue weighted by Gasteiger charge is 2.34. The van der Waals surface area contributed by atoms with Gasteiger partial charge in [0.05, 0.1) is 3.57 Å². The molecule has 0 amide bonds. The van der Waals surface area contributed by atoms with Crippen LogP contribution in [0.4, 0.5) is 0 Å². The lowest BCUT2D eigenvalue weighted by molar-refractivity contribution is 0.124. The Morgan fingerprint density at radius 3 is 1.78 bits per heavy atom. The number of ether oxygens (including phenoxy) is 2. The second-order valence-electron chi connectivity index (χ2n) is 9.51. The van der Waals surface area contributed by atoms with Gasteiger partial charge in [-0.05, 0) is 65.1 Å². The van der Waals surface area contributed by atoms with E-state index in [2.05, 4.69) is 126 Å². The molecule has 0 aromatic heterocycles. The number of hydrogen-bond donors (Lipinski definition) is 0. The largest absolute Gasteiger partial charge is 0.488 e. The van der Waals surface area contributed by atoms with Crippen LogP contribution >= 0.6 is 22.6 Å². The van der Waals surface area contributed by atoms with E-state index in [1.54, 1.807) is 0 Å². The van der Waals surface area contributed by atoms with Gasteiger partial charge >= 0.3 is 0 Å². The normalized spacial score (nSPS) is 17.4.